The molecule has 1 aliphatic heterocycles. The molecule has 2 aromatic carbocycles. The fourth-order valence-electron chi connectivity index (χ4n) is 3.45. The second-order valence-corrected chi connectivity index (χ2v) is 7.61. The minimum atomic E-state index is 0.0182. The van der Waals surface area contributed by atoms with Gasteiger partial charge in [-0.3, -0.25) is 4.79 Å². The lowest BCUT2D eigenvalue weighted by atomic mass is 9.97. The molecule has 3 aromatic rings. The molecule has 0 saturated carbocycles. The first-order valence-corrected chi connectivity index (χ1v) is 9.97. The number of hydrogen-bond donors (Lipinski definition) is 0. The Bertz CT molecular complexity index is 988. The number of methoxy groups -OCH3 is 1. The van der Waals surface area contributed by atoms with Gasteiger partial charge in [0.25, 0.3) is 5.91 Å². The second-order valence-electron chi connectivity index (χ2n) is 6.76. The average Bonchev–Trinajstić information content (AvgIpc) is 3.24. The van der Waals surface area contributed by atoms with E-state index >= 15 is 0 Å². The van der Waals surface area contributed by atoms with Gasteiger partial charge in [-0.15, -0.1) is 0 Å². The number of hydrogen-bond acceptors (Lipinski definition) is 5. The number of piperidine rings is 1. The third-order valence-electron chi connectivity index (χ3n) is 4.93. The summed E-state index contributed by atoms with van der Waals surface area (Å²) in [5.74, 6) is 1.90. The van der Waals surface area contributed by atoms with Gasteiger partial charge in [0.2, 0.25) is 11.7 Å². The molecule has 4 rings (SSSR count). The highest BCUT2D eigenvalue weighted by molar-refractivity contribution is 9.10. The first-order valence-electron chi connectivity index (χ1n) is 9.17. The summed E-state index contributed by atoms with van der Waals surface area (Å²) in [6.45, 7) is 1.30. The maximum atomic E-state index is 12.9. The number of carbonyl (C=O) groups is 1. The van der Waals surface area contributed by atoms with Gasteiger partial charge in [0.1, 0.15) is 5.75 Å². The fraction of sp³-hybridized carbons (Fsp3) is 0.286. The van der Waals surface area contributed by atoms with E-state index in [0.717, 1.165) is 35.2 Å². The summed E-state index contributed by atoms with van der Waals surface area (Å²) in [7, 11) is 1.62. The molecular weight excluding hydrogens is 422 g/mol. The van der Waals surface area contributed by atoms with Gasteiger partial charge in [0.05, 0.1) is 18.6 Å². The third-order valence-corrected chi connectivity index (χ3v) is 5.62. The van der Waals surface area contributed by atoms with Crippen molar-refractivity contribution >= 4 is 21.8 Å². The Kier molecular flexibility index (Phi) is 5.43. The highest BCUT2D eigenvalue weighted by atomic mass is 79.9. The van der Waals surface area contributed by atoms with Crippen molar-refractivity contribution in [2.75, 3.05) is 20.2 Å². The van der Waals surface area contributed by atoms with Gasteiger partial charge in [-0.2, -0.15) is 4.98 Å². The van der Waals surface area contributed by atoms with E-state index in [1.807, 2.05) is 53.4 Å². The number of amides is 1. The molecule has 1 aromatic heterocycles. The lowest BCUT2D eigenvalue weighted by Crippen LogP contribution is -2.39. The zero-order valence-corrected chi connectivity index (χ0v) is 17.1. The van der Waals surface area contributed by atoms with Gasteiger partial charge in [-0.05, 0) is 53.0 Å². The largest absolute Gasteiger partial charge is 0.497 e. The van der Waals surface area contributed by atoms with Crippen LogP contribution in [0, 0.1) is 0 Å². The summed E-state index contributed by atoms with van der Waals surface area (Å²) in [4.78, 5) is 19.4. The van der Waals surface area contributed by atoms with E-state index < -0.39 is 0 Å². The number of likely N-dealkylation sites (tertiary alicyclic amines) is 1. The van der Waals surface area contributed by atoms with Crippen LogP contribution in [-0.2, 0) is 0 Å². The molecule has 0 bridgehead atoms. The Morgan fingerprint density at radius 3 is 2.93 bits per heavy atom. The normalized spacial score (nSPS) is 16.8. The summed E-state index contributed by atoms with van der Waals surface area (Å²) in [6.07, 6.45) is 1.82. The highest BCUT2D eigenvalue weighted by Crippen LogP contribution is 2.30. The quantitative estimate of drug-likeness (QED) is 0.594. The smallest absolute Gasteiger partial charge is 0.255 e. The van der Waals surface area contributed by atoms with Crippen molar-refractivity contribution in [1.82, 2.24) is 15.0 Å². The molecule has 0 aliphatic carbocycles. The van der Waals surface area contributed by atoms with Gasteiger partial charge in [0, 0.05) is 23.1 Å². The standard InChI is InChI=1S/C21H20BrN3O3/c1-27-16-8-4-6-14(12-16)19-23-20(28-24-19)15-7-5-11-25(13-15)21(26)17-9-2-3-10-18(17)22/h2-4,6,8-10,12,15H,5,7,11,13H2,1H3. The second kappa shape index (κ2) is 8.14. The van der Waals surface area contributed by atoms with Crippen LogP contribution < -0.4 is 4.74 Å². The Morgan fingerprint density at radius 2 is 2.11 bits per heavy atom. The molecule has 1 saturated heterocycles. The third kappa shape index (κ3) is 3.80. The fourth-order valence-corrected chi connectivity index (χ4v) is 3.90. The van der Waals surface area contributed by atoms with Crippen LogP contribution in [0.4, 0.5) is 0 Å². The maximum Gasteiger partial charge on any atom is 0.255 e. The monoisotopic (exact) mass is 441 g/mol. The van der Waals surface area contributed by atoms with Gasteiger partial charge in [0.15, 0.2) is 0 Å². The predicted octanol–water partition coefficient (Wildman–Crippen LogP) is 4.53. The van der Waals surface area contributed by atoms with Crippen LogP contribution in [0.15, 0.2) is 57.5 Å². The van der Waals surface area contributed by atoms with Crippen molar-refractivity contribution in [3.63, 3.8) is 0 Å². The van der Waals surface area contributed by atoms with Crippen molar-refractivity contribution in [3.05, 3.63) is 64.5 Å². The molecule has 0 radical (unpaired) electrons. The zero-order valence-electron chi connectivity index (χ0n) is 15.5. The summed E-state index contributed by atoms with van der Waals surface area (Å²) in [6, 6.07) is 15.0. The molecular formula is C21H20BrN3O3. The van der Waals surface area contributed by atoms with Crippen LogP contribution in [0.1, 0.15) is 35.0 Å². The summed E-state index contributed by atoms with van der Waals surface area (Å²) >= 11 is 3.47. The van der Waals surface area contributed by atoms with E-state index in [1.165, 1.54) is 0 Å². The number of ether oxygens (including phenoxy) is 1. The minimum absolute atomic E-state index is 0.0182. The first-order chi connectivity index (χ1) is 13.7. The number of benzene rings is 2. The van der Waals surface area contributed by atoms with Crippen LogP contribution in [0.2, 0.25) is 0 Å². The summed E-state index contributed by atoms with van der Waals surface area (Å²) < 4.78 is 11.6. The highest BCUT2D eigenvalue weighted by Gasteiger charge is 2.29. The number of carbonyl (C=O) groups excluding carboxylic acids is 1. The molecule has 28 heavy (non-hydrogen) atoms. The molecule has 1 unspecified atom stereocenters. The maximum absolute atomic E-state index is 12.9. The summed E-state index contributed by atoms with van der Waals surface area (Å²) in [5.41, 5.74) is 1.51. The van der Waals surface area contributed by atoms with E-state index in [0.29, 0.717) is 23.8 Å². The SMILES string of the molecule is COc1cccc(-c2noc(C3CCCN(C(=O)c4ccccc4Br)C3)n2)c1. The number of rotatable bonds is 4. The molecule has 144 valence electrons. The van der Waals surface area contributed by atoms with Crippen molar-refractivity contribution in [2.24, 2.45) is 0 Å². The van der Waals surface area contributed by atoms with Gasteiger partial charge >= 0.3 is 0 Å². The number of halogens is 1. The molecule has 6 nitrogen and oxygen atoms in total. The van der Waals surface area contributed by atoms with Gasteiger partial charge < -0.3 is 14.2 Å². The van der Waals surface area contributed by atoms with Crippen LogP contribution in [-0.4, -0.2) is 41.1 Å². The Morgan fingerprint density at radius 1 is 1.25 bits per heavy atom. The van der Waals surface area contributed by atoms with E-state index in [-0.39, 0.29) is 11.8 Å². The molecule has 1 atom stereocenters. The Labute approximate surface area is 171 Å². The van der Waals surface area contributed by atoms with E-state index in [4.69, 9.17) is 9.26 Å². The number of nitrogens with zero attached hydrogens (tertiary/aromatic N) is 3. The Balaban J connectivity index is 1.51. The Hall–Kier alpha value is -2.67. The van der Waals surface area contributed by atoms with Crippen LogP contribution in [0.5, 0.6) is 5.75 Å². The topological polar surface area (TPSA) is 68.5 Å². The van der Waals surface area contributed by atoms with Crippen molar-refractivity contribution in [3.8, 4) is 17.1 Å². The van der Waals surface area contributed by atoms with Gasteiger partial charge in [-0.1, -0.05) is 29.4 Å². The molecule has 2 heterocycles. The number of aromatic nitrogens is 2. The molecule has 1 aliphatic rings. The van der Waals surface area contributed by atoms with E-state index in [9.17, 15) is 4.79 Å². The molecule has 0 spiro atoms. The average molecular weight is 442 g/mol. The molecule has 0 N–H and O–H groups in total. The van der Waals surface area contributed by atoms with Crippen molar-refractivity contribution in [2.45, 2.75) is 18.8 Å². The molecule has 1 amide bonds. The van der Waals surface area contributed by atoms with Crippen molar-refractivity contribution < 1.29 is 14.1 Å². The molecule has 7 heteroatoms. The van der Waals surface area contributed by atoms with Crippen LogP contribution in [0.3, 0.4) is 0 Å². The van der Waals surface area contributed by atoms with E-state index in [1.54, 1.807) is 7.11 Å². The first kappa shape index (κ1) is 18.7. The van der Waals surface area contributed by atoms with E-state index in [2.05, 4.69) is 26.1 Å². The lowest BCUT2D eigenvalue weighted by molar-refractivity contribution is 0.0694. The predicted molar refractivity (Wildman–Crippen MR) is 108 cm³/mol. The zero-order chi connectivity index (χ0) is 19.5. The lowest BCUT2D eigenvalue weighted by Gasteiger charge is -2.31. The van der Waals surface area contributed by atoms with Crippen LogP contribution in [0.25, 0.3) is 11.4 Å². The van der Waals surface area contributed by atoms with Crippen LogP contribution >= 0.6 is 15.9 Å². The van der Waals surface area contributed by atoms with Crippen molar-refractivity contribution in [1.29, 1.82) is 0 Å². The van der Waals surface area contributed by atoms with Gasteiger partial charge in [-0.25, -0.2) is 0 Å². The molecule has 1 fully saturated rings. The summed E-state index contributed by atoms with van der Waals surface area (Å²) in [5, 5.41) is 4.13. The minimum Gasteiger partial charge on any atom is -0.497 e.